The molecule has 3 rings (SSSR count). The van der Waals surface area contributed by atoms with Crippen molar-refractivity contribution >= 4 is 12.0 Å². The van der Waals surface area contributed by atoms with E-state index in [4.69, 9.17) is 0 Å². The predicted octanol–water partition coefficient (Wildman–Crippen LogP) is 2.32. The van der Waals surface area contributed by atoms with Gasteiger partial charge in [-0.1, -0.05) is 19.1 Å². The maximum absolute atomic E-state index is 13.0. The first-order valence-corrected chi connectivity index (χ1v) is 10.3. The molecule has 30 heavy (non-hydrogen) atoms. The number of pyridine rings is 1. The third-order valence-electron chi connectivity index (χ3n) is 6.04. The molecule has 0 aromatic carbocycles. The summed E-state index contributed by atoms with van der Waals surface area (Å²) < 4.78 is 40.6. The molecule has 0 bridgehead atoms. The summed E-state index contributed by atoms with van der Waals surface area (Å²) in [6.45, 7) is 3.68. The minimum absolute atomic E-state index is 0.209. The number of rotatable bonds is 7. The Morgan fingerprint density at radius 2 is 2.10 bits per heavy atom. The lowest BCUT2D eigenvalue weighted by atomic mass is 9.88. The van der Waals surface area contributed by atoms with E-state index in [1.165, 1.54) is 4.90 Å². The van der Waals surface area contributed by atoms with Gasteiger partial charge in [-0.15, -0.1) is 0 Å². The number of halogens is 3. The van der Waals surface area contributed by atoms with Crippen molar-refractivity contribution in [2.75, 3.05) is 19.7 Å². The van der Waals surface area contributed by atoms with Crippen LogP contribution in [0.3, 0.4) is 0 Å². The number of nitrogens with one attached hydrogen (secondary N) is 1. The average molecular weight is 427 g/mol. The SMILES string of the molecule is C/C=C/c1ccc2n(c1=O)C[C@@H]1[C@@H](CO)[C@H](C(=O)NCCC)N(CCC(F)(F)F)[C@H]21. The molecule has 1 aromatic rings. The molecule has 2 N–H and O–H groups in total. The number of likely N-dealkylation sites (tertiary alicyclic amines) is 1. The molecular weight excluding hydrogens is 399 g/mol. The van der Waals surface area contributed by atoms with Crippen LogP contribution in [0.15, 0.2) is 23.0 Å². The maximum atomic E-state index is 13.0. The van der Waals surface area contributed by atoms with Crippen LogP contribution in [0.25, 0.3) is 6.08 Å². The molecule has 2 aliphatic heterocycles. The number of carbonyl (C=O) groups is 1. The van der Waals surface area contributed by atoms with Gasteiger partial charge in [-0.05, 0) is 25.5 Å². The fourth-order valence-corrected chi connectivity index (χ4v) is 4.80. The molecule has 2 aliphatic rings. The zero-order chi connectivity index (χ0) is 22.1. The molecule has 0 radical (unpaired) electrons. The molecule has 0 spiro atoms. The fourth-order valence-electron chi connectivity index (χ4n) is 4.80. The van der Waals surface area contributed by atoms with Crippen LogP contribution < -0.4 is 10.9 Å². The summed E-state index contributed by atoms with van der Waals surface area (Å²) >= 11 is 0. The number of alkyl halides is 3. The molecule has 1 amide bonds. The van der Waals surface area contributed by atoms with Crippen LogP contribution >= 0.6 is 0 Å². The van der Waals surface area contributed by atoms with Crippen LogP contribution in [0.1, 0.15) is 44.0 Å². The van der Waals surface area contributed by atoms with Gasteiger partial charge in [-0.2, -0.15) is 13.2 Å². The number of allylic oxidation sites excluding steroid dienone is 1. The smallest absolute Gasteiger partial charge is 0.390 e. The fraction of sp³-hybridized carbons (Fsp3) is 0.619. The van der Waals surface area contributed by atoms with Gasteiger partial charge < -0.3 is 15.0 Å². The maximum Gasteiger partial charge on any atom is 0.390 e. The van der Waals surface area contributed by atoms with E-state index in [-0.39, 0.29) is 37.1 Å². The van der Waals surface area contributed by atoms with E-state index < -0.39 is 30.6 Å². The summed E-state index contributed by atoms with van der Waals surface area (Å²) in [5.41, 5.74) is 0.893. The Bertz CT molecular complexity index is 865. The minimum atomic E-state index is -4.37. The van der Waals surface area contributed by atoms with Gasteiger partial charge in [0.05, 0.1) is 18.5 Å². The Morgan fingerprint density at radius 1 is 1.37 bits per heavy atom. The Kier molecular flexibility index (Phi) is 6.71. The number of hydrogen-bond donors (Lipinski definition) is 2. The summed E-state index contributed by atoms with van der Waals surface area (Å²) in [4.78, 5) is 27.2. The van der Waals surface area contributed by atoms with Crippen molar-refractivity contribution in [2.45, 2.75) is 51.5 Å². The highest BCUT2D eigenvalue weighted by Gasteiger charge is 2.55. The molecule has 6 nitrogen and oxygen atoms in total. The van der Waals surface area contributed by atoms with Crippen LogP contribution in [0.4, 0.5) is 13.2 Å². The van der Waals surface area contributed by atoms with Gasteiger partial charge in [0, 0.05) is 49.3 Å². The van der Waals surface area contributed by atoms with Gasteiger partial charge in [-0.25, -0.2) is 0 Å². The summed E-state index contributed by atoms with van der Waals surface area (Å²) in [7, 11) is 0. The van der Waals surface area contributed by atoms with Crippen molar-refractivity contribution in [1.82, 2.24) is 14.8 Å². The number of aromatic nitrogens is 1. The first-order valence-electron chi connectivity index (χ1n) is 10.3. The van der Waals surface area contributed by atoms with Gasteiger partial charge in [0.2, 0.25) is 5.91 Å². The van der Waals surface area contributed by atoms with Gasteiger partial charge in [0.1, 0.15) is 0 Å². The first kappa shape index (κ1) is 22.6. The lowest BCUT2D eigenvalue weighted by Gasteiger charge is -2.31. The second kappa shape index (κ2) is 8.93. The van der Waals surface area contributed by atoms with Crippen molar-refractivity contribution in [3.63, 3.8) is 0 Å². The van der Waals surface area contributed by atoms with Gasteiger partial charge in [0.15, 0.2) is 0 Å². The number of nitrogens with zero attached hydrogens (tertiary/aromatic N) is 2. The van der Waals surface area contributed by atoms with Gasteiger partial charge in [0.25, 0.3) is 5.56 Å². The number of fused-ring (bicyclic) bond motifs is 3. The zero-order valence-corrected chi connectivity index (χ0v) is 17.2. The molecule has 4 atom stereocenters. The molecule has 0 unspecified atom stereocenters. The molecule has 1 aromatic heterocycles. The van der Waals surface area contributed by atoms with E-state index in [0.717, 1.165) is 0 Å². The van der Waals surface area contributed by atoms with Crippen LogP contribution in [-0.4, -0.2) is 52.4 Å². The second-order valence-electron chi connectivity index (χ2n) is 7.92. The van der Waals surface area contributed by atoms with Crippen LogP contribution in [0, 0.1) is 11.8 Å². The Balaban J connectivity index is 2.02. The van der Waals surface area contributed by atoms with E-state index >= 15 is 0 Å². The summed E-state index contributed by atoms with van der Waals surface area (Å²) in [6.07, 6.45) is -1.29. The lowest BCUT2D eigenvalue weighted by molar-refractivity contribution is -0.143. The molecule has 166 valence electrons. The van der Waals surface area contributed by atoms with Gasteiger partial charge >= 0.3 is 6.18 Å². The number of hydrogen-bond acceptors (Lipinski definition) is 4. The van der Waals surface area contributed by atoms with Crippen molar-refractivity contribution in [2.24, 2.45) is 11.8 Å². The normalized spacial score (nSPS) is 26.2. The number of carbonyl (C=O) groups excluding carboxylic acids is 1. The summed E-state index contributed by atoms with van der Waals surface area (Å²) in [6, 6.07) is 2.03. The van der Waals surface area contributed by atoms with Crippen molar-refractivity contribution in [3.8, 4) is 0 Å². The van der Waals surface area contributed by atoms with Crippen molar-refractivity contribution in [1.29, 1.82) is 0 Å². The van der Waals surface area contributed by atoms with E-state index in [0.29, 0.717) is 24.2 Å². The molecule has 1 saturated heterocycles. The topological polar surface area (TPSA) is 74.6 Å². The summed E-state index contributed by atoms with van der Waals surface area (Å²) in [5, 5.41) is 12.8. The third-order valence-corrected chi connectivity index (χ3v) is 6.04. The highest BCUT2D eigenvalue weighted by Crippen LogP contribution is 2.49. The quantitative estimate of drug-likeness (QED) is 0.701. The van der Waals surface area contributed by atoms with Crippen LogP contribution in [0.5, 0.6) is 0 Å². The summed E-state index contributed by atoms with van der Waals surface area (Å²) in [5.74, 6) is -1.23. The monoisotopic (exact) mass is 427 g/mol. The molecule has 0 saturated carbocycles. The second-order valence-corrected chi connectivity index (χ2v) is 7.92. The molecule has 9 heteroatoms. The van der Waals surface area contributed by atoms with Crippen LogP contribution in [0.2, 0.25) is 0 Å². The molecular formula is C21H28F3N3O3. The highest BCUT2D eigenvalue weighted by atomic mass is 19.4. The standard InChI is InChI=1S/C21H28F3N3O3/c1-3-5-13-6-7-16-17-14(11-27(16)20(13)30)15(12-28)18(19(29)25-9-4-2)26(17)10-8-21(22,23)24/h3,5-7,14-15,17-18,28H,4,8-12H2,1-2H3,(H,25,29)/b5-3+/t14-,15-,17+,18-/m1/s1. The predicted molar refractivity (Wildman–Crippen MR) is 107 cm³/mol. The third kappa shape index (κ3) is 4.18. The highest BCUT2D eigenvalue weighted by molar-refractivity contribution is 5.82. The molecule has 0 aliphatic carbocycles. The minimum Gasteiger partial charge on any atom is -0.396 e. The van der Waals surface area contributed by atoms with Crippen molar-refractivity contribution < 1.29 is 23.1 Å². The van der Waals surface area contributed by atoms with E-state index in [2.05, 4.69) is 5.32 Å². The first-order chi connectivity index (χ1) is 14.2. The average Bonchev–Trinajstić information content (AvgIpc) is 3.21. The lowest BCUT2D eigenvalue weighted by Crippen LogP contribution is -2.49. The van der Waals surface area contributed by atoms with Gasteiger partial charge in [-0.3, -0.25) is 14.5 Å². The largest absolute Gasteiger partial charge is 0.396 e. The van der Waals surface area contributed by atoms with E-state index in [1.807, 2.05) is 6.92 Å². The molecule has 1 fully saturated rings. The van der Waals surface area contributed by atoms with E-state index in [1.54, 1.807) is 35.8 Å². The van der Waals surface area contributed by atoms with Crippen molar-refractivity contribution in [3.05, 3.63) is 39.8 Å². The zero-order valence-electron chi connectivity index (χ0n) is 17.2. The Labute approximate surface area is 173 Å². The number of amides is 1. The van der Waals surface area contributed by atoms with Crippen LogP contribution in [-0.2, 0) is 11.3 Å². The van der Waals surface area contributed by atoms with E-state index in [9.17, 15) is 27.9 Å². The number of aliphatic hydroxyl groups is 1. The Hall–Kier alpha value is -2.13. The molecule has 3 heterocycles. The Morgan fingerprint density at radius 3 is 2.70 bits per heavy atom. The number of aliphatic hydroxyl groups excluding tert-OH is 1.